The van der Waals surface area contributed by atoms with Gasteiger partial charge in [0, 0.05) is 18.1 Å². The Morgan fingerprint density at radius 1 is 1.44 bits per heavy atom. The minimum absolute atomic E-state index is 0.204. The van der Waals surface area contributed by atoms with E-state index in [-0.39, 0.29) is 17.1 Å². The predicted molar refractivity (Wildman–Crippen MR) is 72.0 cm³/mol. The van der Waals surface area contributed by atoms with Gasteiger partial charge in [0.25, 0.3) is 0 Å². The van der Waals surface area contributed by atoms with Crippen molar-refractivity contribution in [2.24, 2.45) is 0 Å². The van der Waals surface area contributed by atoms with E-state index < -0.39 is 0 Å². The van der Waals surface area contributed by atoms with Crippen LogP contribution in [0.4, 0.5) is 0 Å². The lowest BCUT2D eigenvalue weighted by molar-refractivity contribution is -0.131. The van der Waals surface area contributed by atoms with Crippen molar-refractivity contribution in [1.82, 2.24) is 0 Å². The Bertz CT molecular complexity index is 467. The lowest BCUT2D eigenvalue weighted by Crippen LogP contribution is -2.15. The van der Waals surface area contributed by atoms with Gasteiger partial charge in [-0.1, -0.05) is 26.8 Å². The maximum Gasteiger partial charge on any atom is 0.308 e. The van der Waals surface area contributed by atoms with Gasteiger partial charge in [0.2, 0.25) is 0 Å². The number of ether oxygens (including phenoxy) is 1. The van der Waals surface area contributed by atoms with Crippen LogP contribution in [0.3, 0.4) is 0 Å². The molecular weight excluding hydrogens is 228 g/mol. The highest BCUT2D eigenvalue weighted by atomic mass is 16.5. The number of hydrogen-bond acceptors (Lipinski definition) is 3. The largest absolute Gasteiger partial charge is 0.508 e. The molecule has 0 amide bonds. The first-order valence-corrected chi connectivity index (χ1v) is 5.91. The van der Waals surface area contributed by atoms with Crippen molar-refractivity contribution in [3.63, 3.8) is 0 Å². The van der Waals surface area contributed by atoms with Crippen LogP contribution in [0, 0.1) is 0 Å². The van der Waals surface area contributed by atoms with Crippen molar-refractivity contribution in [2.45, 2.75) is 39.5 Å². The number of benzene rings is 1. The Morgan fingerprint density at radius 2 is 2.06 bits per heavy atom. The number of aromatic hydroxyl groups is 1. The zero-order valence-electron chi connectivity index (χ0n) is 11.4. The standard InChI is InChI=1S/C15H20O3/c1-6-7-11-8-14(18-10(2)16)12(9-13(11)17)15(3,4)5/h6,8-9,17H,1,7H2,2-5H3. The average molecular weight is 248 g/mol. The van der Waals surface area contributed by atoms with Crippen molar-refractivity contribution >= 4 is 5.97 Å². The first kappa shape index (κ1) is 14.3. The van der Waals surface area contributed by atoms with E-state index in [1.807, 2.05) is 20.8 Å². The van der Waals surface area contributed by atoms with E-state index in [4.69, 9.17) is 4.74 Å². The molecule has 0 heterocycles. The van der Waals surface area contributed by atoms with E-state index in [1.165, 1.54) is 6.92 Å². The Kier molecular flexibility index (Phi) is 4.17. The van der Waals surface area contributed by atoms with Gasteiger partial charge >= 0.3 is 5.97 Å². The third-order valence-corrected chi connectivity index (χ3v) is 2.61. The molecule has 0 bridgehead atoms. The molecule has 0 radical (unpaired) electrons. The van der Waals surface area contributed by atoms with E-state index in [0.29, 0.717) is 17.7 Å². The third kappa shape index (κ3) is 3.36. The summed E-state index contributed by atoms with van der Waals surface area (Å²) in [5.74, 6) is 0.344. The van der Waals surface area contributed by atoms with Crippen LogP contribution in [-0.4, -0.2) is 11.1 Å². The minimum Gasteiger partial charge on any atom is -0.508 e. The van der Waals surface area contributed by atoms with E-state index in [2.05, 4.69) is 6.58 Å². The van der Waals surface area contributed by atoms with Gasteiger partial charge in [0.05, 0.1) is 0 Å². The van der Waals surface area contributed by atoms with Crippen LogP contribution in [0.2, 0.25) is 0 Å². The smallest absolute Gasteiger partial charge is 0.308 e. The van der Waals surface area contributed by atoms with Gasteiger partial charge in [0.1, 0.15) is 11.5 Å². The summed E-state index contributed by atoms with van der Waals surface area (Å²) in [6.07, 6.45) is 2.23. The molecule has 1 aromatic rings. The molecule has 0 fully saturated rings. The van der Waals surface area contributed by atoms with Gasteiger partial charge in [-0.2, -0.15) is 0 Å². The molecule has 3 nitrogen and oxygen atoms in total. The van der Waals surface area contributed by atoms with Gasteiger partial charge in [-0.25, -0.2) is 0 Å². The summed E-state index contributed by atoms with van der Waals surface area (Å²) in [5.41, 5.74) is 1.30. The second kappa shape index (κ2) is 5.25. The third-order valence-electron chi connectivity index (χ3n) is 2.61. The number of phenolic OH excluding ortho intramolecular Hbond substituents is 1. The molecule has 3 heteroatoms. The molecule has 18 heavy (non-hydrogen) atoms. The molecule has 1 aromatic carbocycles. The van der Waals surface area contributed by atoms with Crippen molar-refractivity contribution < 1.29 is 14.6 Å². The highest BCUT2D eigenvalue weighted by molar-refractivity contribution is 5.70. The van der Waals surface area contributed by atoms with Gasteiger partial charge in [0.15, 0.2) is 0 Å². The van der Waals surface area contributed by atoms with Crippen LogP contribution in [0.25, 0.3) is 0 Å². The van der Waals surface area contributed by atoms with Crippen LogP contribution in [0.1, 0.15) is 38.8 Å². The number of carbonyl (C=O) groups is 1. The number of rotatable bonds is 3. The Morgan fingerprint density at radius 3 is 2.50 bits per heavy atom. The average Bonchev–Trinajstić information content (AvgIpc) is 2.20. The van der Waals surface area contributed by atoms with Crippen LogP contribution in [0.5, 0.6) is 11.5 Å². The first-order chi connectivity index (χ1) is 8.25. The topological polar surface area (TPSA) is 46.5 Å². The summed E-state index contributed by atoms with van der Waals surface area (Å²) in [6, 6.07) is 3.37. The molecule has 1 rings (SSSR count). The maximum absolute atomic E-state index is 11.1. The summed E-state index contributed by atoms with van der Waals surface area (Å²) in [4.78, 5) is 11.1. The number of hydrogen-bond donors (Lipinski definition) is 1. The lowest BCUT2D eigenvalue weighted by Gasteiger charge is -2.23. The van der Waals surface area contributed by atoms with Gasteiger partial charge in [-0.05, 0) is 24.0 Å². The Hall–Kier alpha value is -1.77. The minimum atomic E-state index is -0.365. The molecule has 0 aliphatic heterocycles. The number of carbonyl (C=O) groups excluding carboxylic acids is 1. The van der Waals surface area contributed by atoms with Crippen LogP contribution >= 0.6 is 0 Å². The zero-order chi connectivity index (χ0) is 13.9. The molecule has 0 aliphatic rings. The van der Waals surface area contributed by atoms with E-state index in [1.54, 1.807) is 18.2 Å². The SMILES string of the molecule is C=CCc1cc(OC(C)=O)c(C(C)(C)C)cc1O. The van der Waals surface area contributed by atoms with Crippen LogP contribution in [-0.2, 0) is 16.6 Å². The molecule has 98 valence electrons. The fraction of sp³-hybridized carbons (Fsp3) is 0.400. The highest BCUT2D eigenvalue weighted by Crippen LogP contribution is 2.36. The number of phenols is 1. The molecule has 0 unspecified atom stereocenters. The Balaban J connectivity index is 3.36. The second-order valence-electron chi connectivity index (χ2n) is 5.31. The molecule has 0 aliphatic carbocycles. The molecule has 0 saturated carbocycles. The summed E-state index contributed by atoms with van der Waals surface area (Å²) in [7, 11) is 0. The van der Waals surface area contributed by atoms with Crippen molar-refractivity contribution in [2.75, 3.05) is 0 Å². The maximum atomic E-state index is 11.1. The van der Waals surface area contributed by atoms with Crippen molar-refractivity contribution in [3.8, 4) is 11.5 Å². The fourth-order valence-corrected chi connectivity index (χ4v) is 1.75. The molecule has 0 saturated heterocycles. The quantitative estimate of drug-likeness (QED) is 0.507. The van der Waals surface area contributed by atoms with Gasteiger partial charge < -0.3 is 9.84 Å². The summed E-state index contributed by atoms with van der Waals surface area (Å²) < 4.78 is 5.23. The number of esters is 1. The van der Waals surface area contributed by atoms with E-state index in [0.717, 1.165) is 5.56 Å². The number of allylic oxidation sites excluding steroid dienone is 1. The monoisotopic (exact) mass is 248 g/mol. The zero-order valence-corrected chi connectivity index (χ0v) is 11.4. The molecule has 0 atom stereocenters. The summed E-state index contributed by atoms with van der Waals surface area (Å²) in [6.45, 7) is 11.0. The molecule has 1 N–H and O–H groups in total. The van der Waals surface area contributed by atoms with Crippen molar-refractivity contribution in [1.29, 1.82) is 0 Å². The van der Waals surface area contributed by atoms with Crippen molar-refractivity contribution in [3.05, 3.63) is 35.9 Å². The molecule has 0 spiro atoms. The van der Waals surface area contributed by atoms with Crippen LogP contribution in [0.15, 0.2) is 24.8 Å². The lowest BCUT2D eigenvalue weighted by atomic mass is 9.85. The molecular formula is C15H20O3. The normalized spacial score (nSPS) is 11.1. The van der Waals surface area contributed by atoms with Gasteiger partial charge in [-0.3, -0.25) is 4.79 Å². The van der Waals surface area contributed by atoms with Crippen LogP contribution < -0.4 is 4.74 Å². The first-order valence-electron chi connectivity index (χ1n) is 5.91. The predicted octanol–water partition coefficient (Wildman–Crippen LogP) is 3.34. The highest BCUT2D eigenvalue weighted by Gasteiger charge is 2.22. The molecule has 0 aromatic heterocycles. The Labute approximate surface area is 108 Å². The fourth-order valence-electron chi connectivity index (χ4n) is 1.75. The second-order valence-corrected chi connectivity index (χ2v) is 5.31. The van der Waals surface area contributed by atoms with E-state index in [9.17, 15) is 9.90 Å². The van der Waals surface area contributed by atoms with Gasteiger partial charge in [-0.15, -0.1) is 6.58 Å². The van der Waals surface area contributed by atoms with E-state index >= 15 is 0 Å². The summed E-state index contributed by atoms with van der Waals surface area (Å²) in [5, 5.41) is 9.96. The summed E-state index contributed by atoms with van der Waals surface area (Å²) >= 11 is 0.